The number of thioether (sulfide) groups is 1. The maximum absolute atomic E-state index is 13.3. The van der Waals surface area contributed by atoms with E-state index in [1.54, 1.807) is 30.3 Å². The van der Waals surface area contributed by atoms with Crippen LogP contribution in [0.5, 0.6) is 0 Å². The van der Waals surface area contributed by atoms with Gasteiger partial charge in [0.25, 0.3) is 11.6 Å². The molecule has 1 fully saturated rings. The van der Waals surface area contributed by atoms with Crippen molar-refractivity contribution in [2.24, 2.45) is 4.99 Å². The van der Waals surface area contributed by atoms with Crippen molar-refractivity contribution in [1.82, 2.24) is 5.32 Å². The highest BCUT2D eigenvalue weighted by molar-refractivity contribution is 8.18. The third-order valence-electron chi connectivity index (χ3n) is 4.05. The van der Waals surface area contributed by atoms with Gasteiger partial charge in [-0.2, -0.15) is 0 Å². The second-order valence-electron chi connectivity index (χ2n) is 6.09. The Morgan fingerprint density at radius 3 is 2.63 bits per heavy atom. The van der Waals surface area contributed by atoms with Gasteiger partial charge in [-0.15, -0.1) is 0 Å². The maximum Gasteiger partial charge on any atom is 0.269 e. The summed E-state index contributed by atoms with van der Waals surface area (Å²) in [7, 11) is 0. The summed E-state index contributed by atoms with van der Waals surface area (Å²) < 4.78 is 19.0. The van der Waals surface area contributed by atoms with Gasteiger partial charge in [0.05, 0.1) is 20.5 Å². The standard InChI is InChI=1S/C20H11ClFN3O4S/c21-15-9-12(3-7-16(15)22)23-20-24-19(26)18(30-20)10-14-6-8-17(29-14)11-1-4-13(5-2-11)25(27)28/h1-10H,(H,23,24,26)/b18-10+. The summed E-state index contributed by atoms with van der Waals surface area (Å²) in [5, 5.41) is 13.6. The van der Waals surface area contributed by atoms with E-state index in [2.05, 4.69) is 10.3 Å². The number of rotatable bonds is 4. The molecule has 2 aromatic carbocycles. The van der Waals surface area contributed by atoms with E-state index in [-0.39, 0.29) is 16.6 Å². The van der Waals surface area contributed by atoms with Crippen molar-refractivity contribution in [3.05, 3.63) is 86.2 Å². The van der Waals surface area contributed by atoms with E-state index in [1.807, 2.05) is 0 Å². The lowest BCUT2D eigenvalue weighted by molar-refractivity contribution is -0.384. The average Bonchev–Trinajstić information content (AvgIpc) is 3.32. The van der Waals surface area contributed by atoms with Gasteiger partial charge in [-0.05, 0) is 54.2 Å². The summed E-state index contributed by atoms with van der Waals surface area (Å²) in [4.78, 5) is 27.1. The van der Waals surface area contributed by atoms with Crippen LogP contribution in [0.25, 0.3) is 17.4 Å². The summed E-state index contributed by atoms with van der Waals surface area (Å²) in [6.07, 6.45) is 1.56. The van der Waals surface area contributed by atoms with E-state index < -0.39 is 10.7 Å². The molecule has 0 aliphatic carbocycles. The van der Waals surface area contributed by atoms with Crippen molar-refractivity contribution in [3.63, 3.8) is 0 Å². The Bertz CT molecular complexity index is 1220. The van der Waals surface area contributed by atoms with Crippen LogP contribution in [0, 0.1) is 15.9 Å². The molecule has 1 amide bonds. The number of nitrogens with one attached hydrogen (secondary N) is 1. The number of carbonyl (C=O) groups is 1. The van der Waals surface area contributed by atoms with E-state index in [0.717, 1.165) is 11.8 Å². The molecule has 7 nitrogen and oxygen atoms in total. The van der Waals surface area contributed by atoms with Crippen LogP contribution in [0.1, 0.15) is 5.76 Å². The Balaban J connectivity index is 1.52. The van der Waals surface area contributed by atoms with Gasteiger partial charge in [-0.3, -0.25) is 14.9 Å². The Hall–Kier alpha value is -3.43. The third-order valence-corrected chi connectivity index (χ3v) is 5.25. The predicted octanol–water partition coefficient (Wildman–Crippen LogP) is 5.54. The first-order valence-electron chi connectivity index (χ1n) is 8.48. The van der Waals surface area contributed by atoms with Crippen molar-refractivity contribution in [3.8, 4) is 11.3 Å². The van der Waals surface area contributed by atoms with Crippen molar-refractivity contribution >= 4 is 51.9 Å². The van der Waals surface area contributed by atoms with Gasteiger partial charge in [0.15, 0.2) is 5.17 Å². The van der Waals surface area contributed by atoms with Crippen molar-refractivity contribution in [2.75, 3.05) is 0 Å². The molecule has 10 heteroatoms. The first kappa shape index (κ1) is 19.9. The molecule has 1 N–H and O–H groups in total. The van der Waals surface area contributed by atoms with E-state index in [0.29, 0.717) is 32.8 Å². The number of amides is 1. The monoisotopic (exact) mass is 443 g/mol. The van der Waals surface area contributed by atoms with Crippen molar-refractivity contribution in [1.29, 1.82) is 0 Å². The van der Waals surface area contributed by atoms with Crippen LogP contribution in [0.3, 0.4) is 0 Å². The summed E-state index contributed by atoms with van der Waals surface area (Å²) in [5.41, 5.74) is 1.06. The molecule has 1 aromatic heterocycles. The fourth-order valence-corrected chi connectivity index (χ4v) is 3.61. The number of amidine groups is 1. The molecule has 1 aliphatic heterocycles. The Morgan fingerprint density at radius 2 is 1.93 bits per heavy atom. The molecule has 0 spiro atoms. The molecular formula is C20H11ClFN3O4S. The highest BCUT2D eigenvalue weighted by Crippen LogP contribution is 2.31. The first-order chi connectivity index (χ1) is 14.4. The maximum atomic E-state index is 13.3. The zero-order chi connectivity index (χ0) is 21.3. The largest absolute Gasteiger partial charge is 0.457 e. The minimum absolute atomic E-state index is 0.0130. The number of benzene rings is 2. The second-order valence-corrected chi connectivity index (χ2v) is 7.52. The Labute approximate surface area is 178 Å². The Morgan fingerprint density at radius 1 is 1.17 bits per heavy atom. The topological polar surface area (TPSA) is 97.7 Å². The predicted molar refractivity (Wildman–Crippen MR) is 113 cm³/mol. The van der Waals surface area contributed by atoms with Crippen molar-refractivity contribution in [2.45, 2.75) is 0 Å². The minimum Gasteiger partial charge on any atom is -0.457 e. The smallest absolute Gasteiger partial charge is 0.269 e. The molecule has 30 heavy (non-hydrogen) atoms. The zero-order valence-electron chi connectivity index (χ0n) is 15.0. The number of hydrogen-bond acceptors (Lipinski definition) is 6. The lowest BCUT2D eigenvalue weighted by Gasteiger charge is -1.98. The van der Waals surface area contributed by atoms with E-state index >= 15 is 0 Å². The number of halogens is 2. The second kappa shape index (κ2) is 8.13. The fraction of sp³-hybridized carbons (Fsp3) is 0. The average molecular weight is 444 g/mol. The molecule has 0 atom stereocenters. The SMILES string of the molecule is O=C1NC(=Nc2ccc(F)c(Cl)c2)S/C1=C/c1ccc(-c2ccc([N+](=O)[O-])cc2)o1. The molecule has 0 radical (unpaired) electrons. The van der Waals surface area contributed by atoms with Gasteiger partial charge in [0, 0.05) is 23.8 Å². The molecular weight excluding hydrogens is 433 g/mol. The number of non-ortho nitro benzene ring substituents is 1. The van der Waals surface area contributed by atoms with Crippen LogP contribution in [-0.2, 0) is 4.79 Å². The lowest BCUT2D eigenvalue weighted by atomic mass is 10.1. The van der Waals surface area contributed by atoms with E-state index in [4.69, 9.17) is 16.0 Å². The van der Waals surface area contributed by atoms with Crippen LogP contribution < -0.4 is 5.32 Å². The highest BCUT2D eigenvalue weighted by atomic mass is 35.5. The quantitative estimate of drug-likeness (QED) is 0.324. The van der Waals surface area contributed by atoms with E-state index in [1.165, 1.54) is 30.3 Å². The van der Waals surface area contributed by atoms with Gasteiger partial charge in [0.2, 0.25) is 0 Å². The van der Waals surface area contributed by atoms with Gasteiger partial charge < -0.3 is 9.73 Å². The van der Waals surface area contributed by atoms with Gasteiger partial charge in [-0.25, -0.2) is 9.38 Å². The molecule has 0 bridgehead atoms. The van der Waals surface area contributed by atoms with Crippen LogP contribution in [0.2, 0.25) is 5.02 Å². The molecule has 1 aliphatic rings. The molecule has 0 unspecified atom stereocenters. The normalized spacial score (nSPS) is 16.3. The molecule has 3 aromatic rings. The van der Waals surface area contributed by atoms with Crippen molar-refractivity contribution < 1.29 is 18.5 Å². The number of aliphatic imine (C=N–C) groups is 1. The van der Waals surface area contributed by atoms with Crippen LogP contribution in [0.15, 0.2) is 68.9 Å². The number of hydrogen-bond donors (Lipinski definition) is 1. The highest BCUT2D eigenvalue weighted by Gasteiger charge is 2.24. The molecule has 0 saturated carbocycles. The number of carbonyl (C=O) groups excluding carboxylic acids is 1. The lowest BCUT2D eigenvalue weighted by Crippen LogP contribution is -2.19. The zero-order valence-corrected chi connectivity index (χ0v) is 16.5. The summed E-state index contributed by atoms with van der Waals surface area (Å²) in [5.74, 6) is 0.0493. The minimum atomic E-state index is -0.550. The van der Waals surface area contributed by atoms with Crippen LogP contribution in [-0.4, -0.2) is 16.0 Å². The molecule has 150 valence electrons. The Kier molecular flexibility index (Phi) is 5.39. The third kappa shape index (κ3) is 4.27. The number of nitro benzene ring substituents is 1. The van der Waals surface area contributed by atoms with E-state index in [9.17, 15) is 19.3 Å². The molecule has 2 heterocycles. The molecule has 1 saturated heterocycles. The van der Waals surface area contributed by atoms with Gasteiger partial charge in [0.1, 0.15) is 17.3 Å². The van der Waals surface area contributed by atoms with Gasteiger partial charge >= 0.3 is 0 Å². The number of nitrogens with zero attached hydrogens (tertiary/aromatic N) is 2. The first-order valence-corrected chi connectivity index (χ1v) is 9.68. The van der Waals surface area contributed by atoms with Gasteiger partial charge in [-0.1, -0.05) is 11.6 Å². The summed E-state index contributed by atoms with van der Waals surface area (Å²) in [6.45, 7) is 0. The van der Waals surface area contributed by atoms with Crippen LogP contribution >= 0.6 is 23.4 Å². The van der Waals surface area contributed by atoms with Crippen LogP contribution in [0.4, 0.5) is 15.8 Å². The number of furan rings is 1. The fourth-order valence-electron chi connectivity index (χ4n) is 2.61. The summed E-state index contributed by atoms with van der Waals surface area (Å²) >= 11 is 6.85. The molecule has 4 rings (SSSR count). The summed E-state index contributed by atoms with van der Waals surface area (Å²) in [6, 6.07) is 13.4. The number of nitro groups is 1.